The summed E-state index contributed by atoms with van der Waals surface area (Å²) in [5.74, 6) is -1.37. The zero-order valence-corrected chi connectivity index (χ0v) is 12.5. The molecule has 1 rings (SSSR count). The van der Waals surface area contributed by atoms with Crippen molar-refractivity contribution in [2.45, 2.75) is 45.6 Å². The van der Waals surface area contributed by atoms with Crippen LogP contribution in [0.3, 0.4) is 0 Å². The molecular formula is C13H23N5O3. The molecule has 8 heteroatoms. The van der Waals surface area contributed by atoms with Gasteiger partial charge in [-0.25, -0.2) is 9.48 Å². The van der Waals surface area contributed by atoms with Crippen LogP contribution in [0, 0.1) is 0 Å². The summed E-state index contributed by atoms with van der Waals surface area (Å²) in [4.78, 5) is 23.2. The van der Waals surface area contributed by atoms with Gasteiger partial charge in [0, 0.05) is 13.0 Å². The van der Waals surface area contributed by atoms with E-state index in [-0.39, 0.29) is 18.1 Å². The average molecular weight is 297 g/mol. The second-order valence-corrected chi connectivity index (χ2v) is 4.85. The fourth-order valence-electron chi connectivity index (χ4n) is 2.01. The molecule has 0 saturated carbocycles. The smallest absolute Gasteiger partial charge is 0.358 e. The van der Waals surface area contributed by atoms with Crippen LogP contribution in [0.5, 0.6) is 0 Å². The largest absolute Gasteiger partial charge is 0.476 e. The molecule has 8 nitrogen and oxygen atoms in total. The molecule has 1 amide bonds. The molecule has 1 atom stereocenters. The minimum absolute atomic E-state index is 0.147. The van der Waals surface area contributed by atoms with Gasteiger partial charge in [0.2, 0.25) is 5.91 Å². The molecule has 0 aliphatic heterocycles. The molecular weight excluding hydrogens is 274 g/mol. The van der Waals surface area contributed by atoms with Crippen molar-refractivity contribution < 1.29 is 14.7 Å². The van der Waals surface area contributed by atoms with Crippen LogP contribution in [-0.4, -0.2) is 45.1 Å². The highest BCUT2D eigenvalue weighted by Crippen LogP contribution is 2.13. The number of aromatic carboxylic acids is 1. The summed E-state index contributed by atoms with van der Waals surface area (Å²) in [5, 5.41) is 19.3. The van der Waals surface area contributed by atoms with Gasteiger partial charge in [-0.2, -0.15) is 0 Å². The normalized spacial score (nSPS) is 12.1. The Kier molecular flexibility index (Phi) is 6.80. The van der Waals surface area contributed by atoms with Gasteiger partial charge >= 0.3 is 5.97 Å². The van der Waals surface area contributed by atoms with Crippen molar-refractivity contribution >= 4 is 11.9 Å². The molecule has 1 unspecified atom stereocenters. The van der Waals surface area contributed by atoms with Crippen LogP contribution < -0.4 is 11.1 Å². The van der Waals surface area contributed by atoms with E-state index in [0.29, 0.717) is 18.7 Å². The van der Waals surface area contributed by atoms with Gasteiger partial charge in [0.25, 0.3) is 0 Å². The van der Waals surface area contributed by atoms with Crippen LogP contribution in [0.15, 0.2) is 0 Å². The maximum Gasteiger partial charge on any atom is 0.358 e. The van der Waals surface area contributed by atoms with Gasteiger partial charge in [-0.05, 0) is 19.9 Å². The lowest BCUT2D eigenvalue weighted by Crippen LogP contribution is -2.33. The van der Waals surface area contributed by atoms with E-state index in [1.54, 1.807) is 6.92 Å². The summed E-state index contributed by atoms with van der Waals surface area (Å²) in [6, 6.07) is -0.617. The third-order valence-corrected chi connectivity index (χ3v) is 3.20. The number of unbranched alkanes of at least 4 members (excludes halogenated alkanes) is 2. The van der Waals surface area contributed by atoms with Gasteiger partial charge in [0.15, 0.2) is 5.69 Å². The molecule has 0 aromatic carbocycles. The van der Waals surface area contributed by atoms with Crippen molar-refractivity contribution in [2.24, 2.45) is 5.73 Å². The van der Waals surface area contributed by atoms with E-state index in [1.165, 1.54) is 4.68 Å². The Morgan fingerprint density at radius 1 is 1.43 bits per heavy atom. The van der Waals surface area contributed by atoms with E-state index in [9.17, 15) is 9.59 Å². The molecule has 4 N–H and O–H groups in total. The van der Waals surface area contributed by atoms with Gasteiger partial charge in [0.1, 0.15) is 6.04 Å². The molecule has 1 aromatic rings. The first-order valence-electron chi connectivity index (χ1n) is 7.18. The summed E-state index contributed by atoms with van der Waals surface area (Å²) in [6.45, 7) is 4.62. The number of aromatic nitrogens is 3. The predicted octanol–water partition coefficient (Wildman–Crippen LogP) is 0.345. The van der Waals surface area contributed by atoms with Gasteiger partial charge in [-0.15, -0.1) is 5.10 Å². The zero-order valence-electron chi connectivity index (χ0n) is 12.5. The molecule has 0 bridgehead atoms. The summed E-state index contributed by atoms with van der Waals surface area (Å²) >= 11 is 0. The highest BCUT2D eigenvalue weighted by Gasteiger charge is 2.24. The number of carboxylic acid groups (broad SMARTS) is 1. The fraction of sp³-hybridized carbons (Fsp3) is 0.692. The molecule has 118 valence electrons. The van der Waals surface area contributed by atoms with Gasteiger partial charge in [-0.1, -0.05) is 25.0 Å². The number of carbonyl (C=O) groups is 2. The van der Waals surface area contributed by atoms with Crippen LogP contribution in [0.2, 0.25) is 0 Å². The third-order valence-electron chi connectivity index (χ3n) is 3.20. The Morgan fingerprint density at radius 2 is 2.14 bits per heavy atom. The Balaban J connectivity index is 2.79. The lowest BCUT2D eigenvalue weighted by atomic mass is 10.2. The minimum atomic E-state index is -1.17. The van der Waals surface area contributed by atoms with Crippen molar-refractivity contribution in [1.82, 2.24) is 20.3 Å². The van der Waals surface area contributed by atoms with Crippen LogP contribution in [0.25, 0.3) is 0 Å². The topological polar surface area (TPSA) is 123 Å². The summed E-state index contributed by atoms with van der Waals surface area (Å²) in [5.41, 5.74) is 5.71. The summed E-state index contributed by atoms with van der Waals surface area (Å²) < 4.78 is 1.34. The first kappa shape index (κ1) is 17.1. The second-order valence-electron chi connectivity index (χ2n) is 4.85. The molecule has 21 heavy (non-hydrogen) atoms. The van der Waals surface area contributed by atoms with Crippen molar-refractivity contribution in [3.05, 3.63) is 11.4 Å². The number of nitrogens with two attached hydrogens (primary N) is 1. The van der Waals surface area contributed by atoms with Gasteiger partial charge in [0.05, 0.1) is 5.69 Å². The molecule has 0 spiro atoms. The van der Waals surface area contributed by atoms with Crippen LogP contribution in [0.4, 0.5) is 0 Å². The van der Waals surface area contributed by atoms with Crippen LogP contribution in [0.1, 0.15) is 55.3 Å². The number of amides is 1. The standard InChI is InChI=1S/C13H23N5O3/c1-3-4-5-8-15-12(19)9(2)18-10(6-7-14)11(13(20)21)16-17-18/h9H,3-8,14H2,1-2H3,(H,15,19)(H,20,21). The van der Waals surface area contributed by atoms with E-state index in [2.05, 4.69) is 22.6 Å². The molecule has 0 fully saturated rings. The van der Waals surface area contributed by atoms with Crippen molar-refractivity contribution in [2.75, 3.05) is 13.1 Å². The summed E-state index contributed by atoms with van der Waals surface area (Å²) in [7, 11) is 0. The van der Waals surface area contributed by atoms with E-state index >= 15 is 0 Å². The van der Waals surface area contributed by atoms with Crippen molar-refractivity contribution in [3.8, 4) is 0 Å². The lowest BCUT2D eigenvalue weighted by molar-refractivity contribution is -0.124. The Hall–Kier alpha value is -1.96. The molecule has 0 aliphatic rings. The highest BCUT2D eigenvalue weighted by atomic mass is 16.4. The number of nitrogens with one attached hydrogen (secondary N) is 1. The third kappa shape index (κ3) is 4.52. The first-order valence-corrected chi connectivity index (χ1v) is 7.18. The van der Waals surface area contributed by atoms with E-state index in [0.717, 1.165) is 19.3 Å². The molecule has 0 radical (unpaired) electrons. The number of rotatable bonds is 9. The Bertz CT molecular complexity index is 486. The SMILES string of the molecule is CCCCCNC(=O)C(C)n1nnc(C(=O)O)c1CCN. The van der Waals surface area contributed by atoms with E-state index in [4.69, 9.17) is 10.8 Å². The van der Waals surface area contributed by atoms with Crippen LogP contribution >= 0.6 is 0 Å². The van der Waals surface area contributed by atoms with Crippen LogP contribution in [-0.2, 0) is 11.2 Å². The average Bonchev–Trinajstić information content (AvgIpc) is 2.87. The maximum absolute atomic E-state index is 12.1. The molecule has 1 aromatic heterocycles. The Morgan fingerprint density at radius 3 is 2.71 bits per heavy atom. The number of hydrogen-bond acceptors (Lipinski definition) is 5. The Labute approximate surface area is 123 Å². The number of carboxylic acids is 1. The monoisotopic (exact) mass is 297 g/mol. The van der Waals surface area contributed by atoms with E-state index in [1.807, 2.05) is 0 Å². The van der Waals surface area contributed by atoms with Crippen molar-refractivity contribution in [1.29, 1.82) is 0 Å². The zero-order chi connectivity index (χ0) is 15.8. The quantitative estimate of drug-likeness (QED) is 0.565. The highest BCUT2D eigenvalue weighted by molar-refractivity contribution is 5.87. The number of hydrogen-bond donors (Lipinski definition) is 3. The minimum Gasteiger partial charge on any atom is -0.476 e. The molecule has 0 aliphatic carbocycles. The number of nitrogens with zero attached hydrogens (tertiary/aromatic N) is 3. The first-order chi connectivity index (χ1) is 10.0. The number of carbonyl (C=O) groups excluding carboxylic acids is 1. The van der Waals surface area contributed by atoms with Gasteiger partial charge in [-0.3, -0.25) is 4.79 Å². The summed E-state index contributed by atoms with van der Waals surface area (Å²) in [6.07, 6.45) is 3.36. The fourth-order valence-corrected chi connectivity index (χ4v) is 2.01. The molecule has 0 saturated heterocycles. The predicted molar refractivity (Wildman–Crippen MR) is 77.0 cm³/mol. The second kappa shape index (κ2) is 8.35. The van der Waals surface area contributed by atoms with E-state index < -0.39 is 12.0 Å². The van der Waals surface area contributed by atoms with Crippen molar-refractivity contribution in [3.63, 3.8) is 0 Å². The molecule has 1 heterocycles. The van der Waals surface area contributed by atoms with Gasteiger partial charge < -0.3 is 16.2 Å². The lowest BCUT2D eigenvalue weighted by Gasteiger charge is -2.14. The maximum atomic E-state index is 12.1.